The first kappa shape index (κ1) is 21.8. The number of urea groups is 1. The van der Waals surface area contributed by atoms with Gasteiger partial charge in [0.25, 0.3) is 0 Å². The number of hydrogen-bond acceptors (Lipinski definition) is 4. The molecule has 1 aromatic heterocycles. The zero-order valence-corrected chi connectivity index (χ0v) is 18.2. The minimum absolute atomic E-state index is 0.00295. The first-order valence-corrected chi connectivity index (χ1v) is 11.2. The number of nitrogens with zero attached hydrogens (tertiary/aromatic N) is 4. The minimum Gasteiger partial charge on any atom is -0.338 e. The van der Waals surface area contributed by atoms with Gasteiger partial charge in [0.2, 0.25) is 0 Å². The standard InChI is InChI=1S/C24H29N5O3/c30-22-23(31)29(17-16-28(22)18-20-8-4-5-12-25-20)21-10-14-27(15-11-21)24(32)26-13-9-19-6-2-1-3-7-19/h1-8,12,21H,9-11,13-18H2,(H,26,32). The number of carbonyl (C=O) groups is 3. The Morgan fingerprint density at radius 2 is 1.69 bits per heavy atom. The Kier molecular flexibility index (Phi) is 6.99. The summed E-state index contributed by atoms with van der Waals surface area (Å²) in [5, 5.41) is 2.98. The minimum atomic E-state index is -0.469. The summed E-state index contributed by atoms with van der Waals surface area (Å²) in [4.78, 5) is 47.1. The van der Waals surface area contributed by atoms with Gasteiger partial charge in [-0.1, -0.05) is 36.4 Å². The Balaban J connectivity index is 1.22. The summed E-state index contributed by atoms with van der Waals surface area (Å²) in [5.74, 6) is -0.916. The second-order valence-electron chi connectivity index (χ2n) is 8.23. The van der Waals surface area contributed by atoms with Crippen LogP contribution in [0.3, 0.4) is 0 Å². The number of piperazine rings is 1. The molecule has 1 aromatic carbocycles. The highest BCUT2D eigenvalue weighted by Gasteiger charge is 2.38. The third kappa shape index (κ3) is 5.25. The molecule has 2 saturated heterocycles. The van der Waals surface area contributed by atoms with E-state index in [-0.39, 0.29) is 12.1 Å². The van der Waals surface area contributed by atoms with Gasteiger partial charge in [0.05, 0.1) is 12.2 Å². The molecular weight excluding hydrogens is 406 g/mol. The zero-order chi connectivity index (χ0) is 22.3. The van der Waals surface area contributed by atoms with Gasteiger partial charge in [0, 0.05) is 45.0 Å². The van der Waals surface area contributed by atoms with Crippen molar-refractivity contribution in [2.45, 2.75) is 31.8 Å². The molecule has 3 heterocycles. The molecule has 0 aliphatic carbocycles. The van der Waals surface area contributed by atoms with Gasteiger partial charge in [-0.25, -0.2) is 4.79 Å². The maximum Gasteiger partial charge on any atom is 0.317 e. The second kappa shape index (κ2) is 10.3. The van der Waals surface area contributed by atoms with Crippen molar-refractivity contribution in [3.8, 4) is 0 Å². The van der Waals surface area contributed by atoms with Gasteiger partial charge in [-0.05, 0) is 37.0 Å². The molecule has 0 saturated carbocycles. The lowest BCUT2D eigenvalue weighted by Crippen LogP contribution is -2.59. The van der Waals surface area contributed by atoms with E-state index < -0.39 is 11.8 Å². The molecule has 2 aliphatic heterocycles. The van der Waals surface area contributed by atoms with Crippen LogP contribution in [0.15, 0.2) is 54.7 Å². The van der Waals surface area contributed by atoms with E-state index in [1.54, 1.807) is 20.9 Å². The second-order valence-corrected chi connectivity index (χ2v) is 8.23. The molecule has 1 N–H and O–H groups in total. The molecular formula is C24H29N5O3. The first-order valence-electron chi connectivity index (χ1n) is 11.2. The molecule has 0 radical (unpaired) electrons. The van der Waals surface area contributed by atoms with Crippen LogP contribution < -0.4 is 5.32 Å². The van der Waals surface area contributed by atoms with Crippen molar-refractivity contribution in [3.63, 3.8) is 0 Å². The Morgan fingerprint density at radius 1 is 0.938 bits per heavy atom. The van der Waals surface area contributed by atoms with Crippen molar-refractivity contribution in [2.75, 3.05) is 32.7 Å². The van der Waals surface area contributed by atoms with Crippen LogP contribution in [0.25, 0.3) is 0 Å². The third-order valence-electron chi connectivity index (χ3n) is 6.15. The lowest BCUT2D eigenvalue weighted by atomic mass is 10.0. The van der Waals surface area contributed by atoms with E-state index in [1.807, 2.05) is 48.5 Å². The number of hydrogen-bond donors (Lipinski definition) is 1. The van der Waals surface area contributed by atoms with Crippen molar-refractivity contribution >= 4 is 17.8 Å². The fraction of sp³-hybridized carbons (Fsp3) is 0.417. The Hall–Kier alpha value is -3.42. The van der Waals surface area contributed by atoms with Crippen LogP contribution in [-0.2, 0) is 22.6 Å². The quantitative estimate of drug-likeness (QED) is 0.700. The monoisotopic (exact) mass is 435 g/mol. The summed E-state index contributed by atoms with van der Waals surface area (Å²) in [6, 6.07) is 15.5. The first-order chi connectivity index (χ1) is 15.6. The summed E-state index contributed by atoms with van der Waals surface area (Å²) < 4.78 is 0. The number of carbonyl (C=O) groups excluding carboxylic acids is 3. The summed E-state index contributed by atoms with van der Waals surface area (Å²) in [6.07, 6.45) is 3.85. The number of amides is 4. The van der Waals surface area contributed by atoms with E-state index in [4.69, 9.17) is 0 Å². The normalized spacial score (nSPS) is 17.6. The number of benzene rings is 1. The van der Waals surface area contributed by atoms with Crippen LogP contribution in [0.4, 0.5) is 4.79 Å². The molecule has 0 spiro atoms. The predicted molar refractivity (Wildman–Crippen MR) is 120 cm³/mol. The van der Waals surface area contributed by atoms with Gasteiger partial charge in [0.15, 0.2) is 0 Å². The van der Waals surface area contributed by atoms with Crippen LogP contribution in [0.5, 0.6) is 0 Å². The number of piperidine rings is 1. The molecule has 32 heavy (non-hydrogen) atoms. The van der Waals surface area contributed by atoms with Gasteiger partial charge in [-0.15, -0.1) is 0 Å². The molecule has 4 amide bonds. The lowest BCUT2D eigenvalue weighted by molar-refractivity contribution is -0.158. The average Bonchev–Trinajstić information content (AvgIpc) is 2.84. The number of nitrogens with one attached hydrogen (secondary N) is 1. The Morgan fingerprint density at radius 3 is 2.41 bits per heavy atom. The fourth-order valence-corrected chi connectivity index (χ4v) is 4.33. The maximum absolute atomic E-state index is 12.7. The molecule has 168 valence electrons. The highest BCUT2D eigenvalue weighted by molar-refractivity contribution is 6.35. The van der Waals surface area contributed by atoms with E-state index in [0.717, 1.165) is 12.1 Å². The number of aromatic nitrogens is 1. The molecule has 0 bridgehead atoms. The largest absolute Gasteiger partial charge is 0.338 e. The maximum atomic E-state index is 12.7. The number of rotatable bonds is 6. The van der Waals surface area contributed by atoms with Crippen molar-refractivity contribution in [1.29, 1.82) is 0 Å². The summed E-state index contributed by atoms with van der Waals surface area (Å²) in [5.41, 5.74) is 1.96. The Labute approximate surface area is 188 Å². The number of likely N-dealkylation sites (tertiary alicyclic amines) is 1. The molecule has 8 nitrogen and oxygen atoms in total. The molecule has 0 atom stereocenters. The van der Waals surface area contributed by atoms with E-state index in [1.165, 1.54) is 5.56 Å². The topological polar surface area (TPSA) is 85.8 Å². The van der Waals surface area contributed by atoms with Crippen LogP contribution in [0, 0.1) is 0 Å². The van der Waals surface area contributed by atoms with E-state index in [9.17, 15) is 14.4 Å². The van der Waals surface area contributed by atoms with Gasteiger partial charge in [-0.3, -0.25) is 14.6 Å². The van der Waals surface area contributed by atoms with Crippen molar-refractivity contribution in [3.05, 3.63) is 66.0 Å². The SMILES string of the molecule is O=C(NCCc1ccccc1)N1CCC(N2CCN(Cc3ccccn3)C(=O)C2=O)CC1. The zero-order valence-electron chi connectivity index (χ0n) is 18.2. The van der Waals surface area contributed by atoms with Crippen LogP contribution in [0.1, 0.15) is 24.1 Å². The van der Waals surface area contributed by atoms with E-state index in [0.29, 0.717) is 52.1 Å². The molecule has 2 fully saturated rings. The van der Waals surface area contributed by atoms with Crippen molar-refractivity contribution in [1.82, 2.24) is 25.0 Å². The van der Waals surface area contributed by atoms with Crippen LogP contribution >= 0.6 is 0 Å². The van der Waals surface area contributed by atoms with Gasteiger partial charge >= 0.3 is 17.8 Å². The number of pyridine rings is 1. The van der Waals surface area contributed by atoms with Crippen molar-refractivity contribution < 1.29 is 14.4 Å². The Bertz CT molecular complexity index is 929. The van der Waals surface area contributed by atoms with Crippen LogP contribution in [-0.4, -0.2) is 76.3 Å². The molecule has 2 aromatic rings. The summed E-state index contributed by atoms with van der Waals surface area (Å²) in [6.45, 7) is 3.12. The smallest absolute Gasteiger partial charge is 0.317 e. The van der Waals surface area contributed by atoms with Gasteiger partial charge < -0.3 is 20.0 Å². The molecule has 4 rings (SSSR count). The predicted octanol–water partition coefficient (Wildman–Crippen LogP) is 1.67. The van der Waals surface area contributed by atoms with E-state index >= 15 is 0 Å². The summed E-state index contributed by atoms with van der Waals surface area (Å²) >= 11 is 0. The summed E-state index contributed by atoms with van der Waals surface area (Å²) in [7, 11) is 0. The molecule has 2 aliphatic rings. The lowest BCUT2D eigenvalue weighted by Gasteiger charge is -2.42. The van der Waals surface area contributed by atoms with Crippen LogP contribution in [0.2, 0.25) is 0 Å². The highest BCUT2D eigenvalue weighted by atomic mass is 16.2. The fourth-order valence-electron chi connectivity index (χ4n) is 4.33. The third-order valence-corrected chi connectivity index (χ3v) is 6.15. The van der Waals surface area contributed by atoms with Gasteiger partial charge in [-0.2, -0.15) is 0 Å². The molecule has 0 unspecified atom stereocenters. The van der Waals surface area contributed by atoms with Gasteiger partial charge in [0.1, 0.15) is 0 Å². The molecule has 8 heteroatoms. The van der Waals surface area contributed by atoms with E-state index in [2.05, 4.69) is 10.3 Å². The average molecular weight is 436 g/mol. The highest BCUT2D eigenvalue weighted by Crippen LogP contribution is 2.20. The van der Waals surface area contributed by atoms with Crippen molar-refractivity contribution in [2.24, 2.45) is 0 Å².